The van der Waals surface area contributed by atoms with E-state index in [0.717, 1.165) is 6.07 Å². The third kappa shape index (κ3) is 3.16. The van der Waals surface area contributed by atoms with E-state index in [4.69, 9.17) is 4.42 Å². The summed E-state index contributed by atoms with van der Waals surface area (Å²) in [5.41, 5.74) is 0.629. The molecule has 1 N–H and O–H groups in total. The number of fused-ring (bicyclic) bond motifs is 1. The molecule has 2 aromatic rings. The lowest BCUT2D eigenvalue weighted by atomic mass is 10.3. The van der Waals surface area contributed by atoms with Crippen LogP contribution in [0.15, 0.2) is 22.6 Å². The number of halogens is 4. The number of nitrogens with one attached hydrogen (secondary N) is 1. The number of hydrogen-bond donors (Lipinski definition) is 1. The van der Waals surface area contributed by atoms with Crippen molar-refractivity contribution < 1.29 is 22.0 Å². The van der Waals surface area contributed by atoms with E-state index >= 15 is 0 Å². The van der Waals surface area contributed by atoms with Gasteiger partial charge in [0.2, 0.25) is 5.89 Å². The van der Waals surface area contributed by atoms with Crippen LogP contribution in [0.1, 0.15) is 5.89 Å². The predicted octanol–water partition coefficient (Wildman–Crippen LogP) is 2.62. The fourth-order valence-corrected chi connectivity index (χ4v) is 1.33. The van der Waals surface area contributed by atoms with Gasteiger partial charge in [-0.25, -0.2) is 9.37 Å². The molecule has 0 amide bonds. The molecule has 0 saturated carbocycles. The Hall–Kier alpha value is -1.63. The van der Waals surface area contributed by atoms with Crippen LogP contribution in [-0.2, 0) is 6.54 Å². The maximum Gasteiger partial charge on any atom is 0.401 e. The maximum atomic E-state index is 12.8. The van der Waals surface area contributed by atoms with Crippen molar-refractivity contribution in [2.45, 2.75) is 12.7 Å². The highest BCUT2D eigenvalue weighted by Crippen LogP contribution is 2.17. The van der Waals surface area contributed by atoms with Crippen LogP contribution in [0.5, 0.6) is 0 Å². The molecule has 1 aromatic heterocycles. The summed E-state index contributed by atoms with van der Waals surface area (Å²) < 4.78 is 53.4. The standard InChI is InChI=1S/C10H8F4N2O/c11-6-1-2-7-8(3-6)17-9(16-7)4-15-5-10(12,13)14/h1-3,15H,4-5H2. The van der Waals surface area contributed by atoms with E-state index in [0.29, 0.717) is 5.52 Å². The molecule has 0 radical (unpaired) electrons. The molecule has 2 rings (SSSR count). The number of hydrogen-bond acceptors (Lipinski definition) is 3. The molecule has 1 heterocycles. The van der Waals surface area contributed by atoms with E-state index in [-0.39, 0.29) is 18.0 Å². The van der Waals surface area contributed by atoms with Crippen LogP contribution in [0.4, 0.5) is 17.6 Å². The summed E-state index contributed by atoms with van der Waals surface area (Å²) in [4.78, 5) is 3.91. The van der Waals surface area contributed by atoms with Crippen molar-refractivity contribution >= 4 is 11.1 Å². The highest BCUT2D eigenvalue weighted by atomic mass is 19.4. The molecule has 0 bridgehead atoms. The minimum absolute atomic E-state index is 0.0925. The summed E-state index contributed by atoms with van der Waals surface area (Å²) in [5.74, 6) is -0.390. The highest BCUT2D eigenvalue weighted by Gasteiger charge is 2.26. The average Bonchev–Trinajstić information content (AvgIpc) is 2.57. The second-order valence-electron chi connectivity index (χ2n) is 3.44. The fraction of sp³-hybridized carbons (Fsp3) is 0.300. The molecule has 3 nitrogen and oxygen atoms in total. The second kappa shape index (κ2) is 4.33. The van der Waals surface area contributed by atoms with Gasteiger partial charge in [-0.1, -0.05) is 0 Å². The minimum Gasteiger partial charge on any atom is -0.439 e. The van der Waals surface area contributed by atoms with Crippen molar-refractivity contribution in [1.29, 1.82) is 0 Å². The van der Waals surface area contributed by atoms with Gasteiger partial charge in [0.05, 0.1) is 13.1 Å². The average molecular weight is 248 g/mol. The molecule has 0 fully saturated rings. The van der Waals surface area contributed by atoms with E-state index < -0.39 is 18.5 Å². The smallest absolute Gasteiger partial charge is 0.401 e. The number of alkyl halides is 3. The molecular weight excluding hydrogens is 240 g/mol. The summed E-state index contributed by atoms with van der Waals surface area (Å²) in [5, 5.41) is 2.14. The lowest BCUT2D eigenvalue weighted by molar-refractivity contribution is -0.125. The van der Waals surface area contributed by atoms with E-state index in [2.05, 4.69) is 10.3 Å². The minimum atomic E-state index is -4.28. The lowest BCUT2D eigenvalue weighted by Crippen LogP contribution is -2.28. The Morgan fingerprint density at radius 3 is 2.76 bits per heavy atom. The van der Waals surface area contributed by atoms with Gasteiger partial charge in [0, 0.05) is 6.07 Å². The Morgan fingerprint density at radius 2 is 2.06 bits per heavy atom. The number of benzene rings is 1. The van der Waals surface area contributed by atoms with Crippen molar-refractivity contribution in [3.8, 4) is 0 Å². The summed E-state index contributed by atoms with van der Waals surface area (Å²) in [6.07, 6.45) is -4.28. The molecule has 0 unspecified atom stereocenters. The number of oxazole rings is 1. The van der Waals surface area contributed by atoms with E-state index in [1.54, 1.807) is 0 Å². The number of nitrogens with zero attached hydrogens (tertiary/aromatic N) is 1. The zero-order chi connectivity index (χ0) is 12.5. The molecule has 7 heteroatoms. The molecule has 0 aliphatic heterocycles. The SMILES string of the molecule is Fc1ccc2nc(CNCC(F)(F)F)oc2c1. The van der Waals surface area contributed by atoms with Gasteiger partial charge in [-0.3, -0.25) is 0 Å². The van der Waals surface area contributed by atoms with Gasteiger partial charge in [-0.05, 0) is 12.1 Å². The van der Waals surface area contributed by atoms with Crippen molar-refractivity contribution in [3.05, 3.63) is 29.9 Å². The molecule has 0 spiro atoms. The van der Waals surface area contributed by atoms with Crippen LogP contribution in [0, 0.1) is 5.82 Å². The fourth-order valence-electron chi connectivity index (χ4n) is 1.33. The van der Waals surface area contributed by atoms with Crippen LogP contribution in [-0.4, -0.2) is 17.7 Å². The summed E-state index contributed by atoms with van der Waals surface area (Å²) in [6, 6.07) is 3.74. The van der Waals surface area contributed by atoms with Crippen LogP contribution in [0.2, 0.25) is 0 Å². The molecule has 0 aliphatic rings. The summed E-state index contributed by atoms with van der Waals surface area (Å²) >= 11 is 0. The normalized spacial score (nSPS) is 12.2. The highest BCUT2D eigenvalue weighted by molar-refractivity contribution is 5.72. The van der Waals surface area contributed by atoms with Crippen LogP contribution >= 0.6 is 0 Å². The predicted molar refractivity (Wildman–Crippen MR) is 51.7 cm³/mol. The van der Waals surface area contributed by atoms with Crippen molar-refractivity contribution in [2.24, 2.45) is 0 Å². The molecule has 0 atom stereocenters. The van der Waals surface area contributed by atoms with E-state index in [9.17, 15) is 17.6 Å². The van der Waals surface area contributed by atoms with Gasteiger partial charge in [0.15, 0.2) is 5.58 Å². The molecular formula is C10H8F4N2O. The van der Waals surface area contributed by atoms with Gasteiger partial charge in [-0.15, -0.1) is 0 Å². The van der Waals surface area contributed by atoms with Crippen molar-refractivity contribution in [3.63, 3.8) is 0 Å². The van der Waals surface area contributed by atoms with Crippen LogP contribution in [0.3, 0.4) is 0 Å². The zero-order valence-electron chi connectivity index (χ0n) is 8.51. The molecule has 17 heavy (non-hydrogen) atoms. The van der Waals surface area contributed by atoms with Gasteiger partial charge in [-0.2, -0.15) is 13.2 Å². The van der Waals surface area contributed by atoms with Gasteiger partial charge < -0.3 is 9.73 Å². The third-order valence-electron chi connectivity index (χ3n) is 2.00. The lowest BCUT2D eigenvalue weighted by Gasteiger charge is -2.05. The molecule has 0 saturated heterocycles. The topological polar surface area (TPSA) is 38.1 Å². The zero-order valence-corrected chi connectivity index (χ0v) is 8.51. The monoisotopic (exact) mass is 248 g/mol. The number of aromatic nitrogens is 1. The third-order valence-corrected chi connectivity index (χ3v) is 2.00. The quantitative estimate of drug-likeness (QED) is 0.848. The Bertz CT molecular complexity index is 520. The second-order valence-corrected chi connectivity index (χ2v) is 3.44. The van der Waals surface area contributed by atoms with Crippen LogP contribution in [0.25, 0.3) is 11.1 Å². The Kier molecular flexibility index (Phi) is 3.01. The first kappa shape index (κ1) is 11.8. The van der Waals surface area contributed by atoms with E-state index in [1.807, 2.05) is 0 Å². The van der Waals surface area contributed by atoms with E-state index in [1.165, 1.54) is 12.1 Å². The first-order valence-corrected chi connectivity index (χ1v) is 4.76. The largest absolute Gasteiger partial charge is 0.439 e. The Labute approximate surface area is 93.4 Å². The first-order chi connectivity index (χ1) is 7.94. The first-order valence-electron chi connectivity index (χ1n) is 4.76. The van der Waals surface area contributed by atoms with Gasteiger partial charge in [0.25, 0.3) is 0 Å². The van der Waals surface area contributed by atoms with Crippen molar-refractivity contribution in [2.75, 3.05) is 6.54 Å². The van der Waals surface area contributed by atoms with Crippen molar-refractivity contribution in [1.82, 2.24) is 10.3 Å². The Balaban J connectivity index is 2.05. The van der Waals surface area contributed by atoms with Gasteiger partial charge >= 0.3 is 6.18 Å². The summed E-state index contributed by atoms with van der Waals surface area (Å²) in [6.45, 7) is -1.28. The Morgan fingerprint density at radius 1 is 1.29 bits per heavy atom. The van der Waals surface area contributed by atoms with Crippen LogP contribution < -0.4 is 5.32 Å². The maximum absolute atomic E-state index is 12.8. The number of rotatable bonds is 3. The molecule has 1 aromatic carbocycles. The van der Waals surface area contributed by atoms with Gasteiger partial charge in [0.1, 0.15) is 11.3 Å². The molecule has 0 aliphatic carbocycles. The molecule has 92 valence electrons. The summed E-state index contributed by atoms with van der Waals surface area (Å²) in [7, 11) is 0.